The van der Waals surface area contributed by atoms with Gasteiger partial charge >= 0.3 is 0 Å². The summed E-state index contributed by atoms with van der Waals surface area (Å²) < 4.78 is 23.0. The highest BCUT2D eigenvalue weighted by molar-refractivity contribution is 14.0. The van der Waals surface area contributed by atoms with Crippen molar-refractivity contribution >= 4 is 51.4 Å². The van der Waals surface area contributed by atoms with Crippen LogP contribution in [0.3, 0.4) is 0 Å². The fourth-order valence-corrected chi connectivity index (χ4v) is 3.89. The predicted octanol–water partition coefficient (Wildman–Crippen LogP) is 3.63. The van der Waals surface area contributed by atoms with Crippen LogP contribution in [0.4, 0.5) is 0 Å². The van der Waals surface area contributed by atoms with Crippen molar-refractivity contribution < 1.29 is 8.42 Å². The molecule has 1 fully saturated rings. The van der Waals surface area contributed by atoms with E-state index in [0.717, 1.165) is 29.4 Å². The molecule has 0 aromatic heterocycles. The Morgan fingerprint density at radius 3 is 2.54 bits per heavy atom. The summed E-state index contributed by atoms with van der Waals surface area (Å²) >= 11 is 6.07. The van der Waals surface area contributed by atoms with Crippen LogP contribution >= 0.6 is 35.6 Å². The maximum absolute atomic E-state index is 11.5. The number of sulfone groups is 1. The molecule has 0 spiro atoms. The first-order valence-corrected chi connectivity index (χ1v) is 11.2. The largest absolute Gasteiger partial charge is 0.356 e. The average Bonchev–Trinajstić information content (AvgIpc) is 3.40. The minimum atomic E-state index is -3.15. The van der Waals surface area contributed by atoms with E-state index < -0.39 is 9.84 Å². The van der Waals surface area contributed by atoms with Crippen molar-refractivity contribution in [3.8, 4) is 0 Å². The number of benzene rings is 2. The first-order chi connectivity index (χ1) is 12.9. The van der Waals surface area contributed by atoms with Gasteiger partial charge in [-0.05, 0) is 48.2 Å². The van der Waals surface area contributed by atoms with Crippen LogP contribution in [0, 0.1) is 0 Å². The number of nitrogens with zero attached hydrogens (tertiary/aromatic N) is 1. The molecule has 0 aliphatic heterocycles. The van der Waals surface area contributed by atoms with Gasteiger partial charge in [0, 0.05) is 36.8 Å². The van der Waals surface area contributed by atoms with E-state index in [9.17, 15) is 8.42 Å². The molecule has 0 radical (unpaired) electrons. The second-order valence-corrected chi connectivity index (χ2v) is 9.27. The van der Waals surface area contributed by atoms with Gasteiger partial charge in [-0.1, -0.05) is 35.9 Å². The number of halogens is 2. The van der Waals surface area contributed by atoms with Gasteiger partial charge in [0.1, 0.15) is 0 Å². The summed E-state index contributed by atoms with van der Waals surface area (Å²) in [5.41, 5.74) is 2.33. The quantitative estimate of drug-likeness (QED) is 0.338. The van der Waals surface area contributed by atoms with E-state index >= 15 is 0 Å². The highest BCUT2D eigenvalue weighted by atomic mass is 127. The molecule has 0 amide bonds. The molecule has 2 aromatic rings. The van der Waals surface area contributed by atoms with Crippen molar-refractivity contribution in [3.05, 3.63) is 64.7 Å². The molecular weight excluding hydrogens is 509 g/mol. The molecule has 2 N–H and O–H groups in total. The minimum Gasteiger partial charge on any atom is -0.356 e. The zero-order valence-electron chi connectivity index (χ0n) is 15.9. The molecule has 5 nitrogen and oxygen atoms in total. The first-order valence-electron chi connectivity index (χ1n) is 8.88. The van der Waals surface area contributed by atoms with Crippen LogP contribution in [0.5, 0.6) is 0 Å². The molecule has 2 unspecified atom stereocenters. The SMILES string of the molecule is CN=C(NCCc1ccc(S(C)(=O)=O)cc1)NC1CC1c1cccc(Cl)c1.I. The zero-order chi connectivity index (χ0) is 19.4. The van der Waals surface area contributed by atoms with E-state index in [2.05, 4.69) is 21.7 Å². The molecule has 8 heteroatoms. The smallest absolute Gasteiger partial charge is 0.191 e. The lowest BCUT2D eigenvalue weighted by Crippen LogP contribution is -2.39. The number of nitrogens with one attached hydrogen (secondary N) is 2. The number of hydrogen-bond donors (Lipinski definition) is 2. The summed E-state index contributed by atoms with van der Waals surface area (Å²) in [4.78, 5) is 4.63. The molecule has 28 heavy (non-hydrogen) atoms. The van der Waals surface area contributed by atoms with Crippen molar-refractivity contribution in [2.45, 2.75) is 29.7 Å². The number of guanidine groups is 1. The van der Waals surface area contributed by atoms with Crippen LogP contribution in [-0.4, -0.2) is 40.3 Å². The third-order valence-corrected chi connectivity index (χ3v) is 6.03. The van der Waals surface area contributed by atoms with E-state index in [1.165, 1.54) is 11.8 Å². The molecule has 2 aromatic carbocycles. The molecular formula is C20H25ClIN3O2S. The Balaban J connectivity index is 0.00000280. The van der Waals surface area contributed by atoms with Gasteiger partial charge in [-0.25, -0.2) is 8.42 Å². The third kappa shape index (κ3) is 6.35. The van der Waals surface area contributed by atoms with E-state index in [4.69, 9.17) is 11.6 Å². The van der Waals surface area contributed by atoms with E-state index in [-0.39, 0.29) is 24.0 Å². The Bertz CT molecular complexity index is 933. The highest BCUT2D eigenvalue weighted by Gasteiger charge is 2.39. The molecule has 3 rings (SSSR count). The van der Waals surface area contributed by atoms with Crippen LogP contribution in [0.2, 0.25) is 5.02 Å². The van der Waals surface area contributed by atoms with Gasteiger partial charge in [0.25, 0.3) is 0 Å². The summed E-state index contributed by atoms with van der Waals surface area (Å²) in [7, 11) is -1.39. The Morgan fingerprint density at radius 2 is 1.93 bits per heavy atom. The van der Waals surface area contributed by atoms with Crippen molar-refractivity contribution in [2.75, 3.05) is 19.8 Å². The van der Waals surface area contributed by atoms with Crippen molar-refractivity contribution in [1.82, 2.24) is 10.6 Å². The van der Waals surface area contributed by atoms with Crippen LogP contribution in [0.15, 0.2) is 58.4 Å². The topological polar surface area (TPSA) is 70.6 Å². The van der Waals surface area contributed by atoms with Gasteiger partial charge in [0.05, 0.1) is 4.90 Å². The van der Waals surface area contributed by atoms with Gasteiger partial charge in [-0.3, -0.25) is 4.99 Å². The Labute approximate surface area is 188 Å². The fourth-order valence-electron chi connectivity index (χ4n) is 3.06. The zero-order valence-corrected chi connectivity index (χ0v) is 19.8. The molecule has 2 atom stereocenters. The lowest BCUT2D eigenvalue weighted by atomic mass is 10.1. The first kappa shape index (κ1) is 23.0. The second-order valence-electron chi connectivity index (χ2n) is 6.81. The maximum Gasteiger partial charge on any atom is 0.191 e. The maximum atomic E-state index is 11.5. The van der Waals surface area contributed by atoms with Crippen molar-refractivity contribution in [1.29, 1.82) is 0 Å². The lowest BCUT2D eigenvalue weighted by Gasteiger charge is -2.12. The molecule has 0 heterocycles. The van der Waals surface area contributed by atoms with Crippen LogP contribution in [0.25, 0.3) is 0 Å². The molecule has 1 aliphatic carbocycles. The fraction of sp³-hybridized carbons (Fsp3) is 0.350. The summed E-state index contributed by atoms with van der Waals surface area (Å²) in [5, 5.41) is 7.52. The summed E-state index contributed by atoms with van der Waals surface area (Å²) in [6, 6.07) is 15.4. The molecule has 1 saturated carbocycles. The molecule has 1 aliphatic rings. The van der Waals surface area contributed by atoms with Gasteiger partial charge in [-0.15, -0.1) is 24.0 Å². The van der Waals surface area contributed by atoms with E-state index in [1.54, 1.807) is 19.2 Å². The Hall–Kier alpha value is -1.32. The Morgan fingerprint density at radius 1 is 1.21 bits per heavy atom. The third-order valence-electron chi connectivity index (χ3n) is 4.67. The number of aliphatic imine (C=N–C) groups is 1. The average molecular weight is 534 g/mol. The van der Waals surface area contributed by atoms with Gasteiger partial charge in [-0.2, -0.15) is 0 Å². The summed E-state index contributed by atoms with van der Waals surface area (Å²) in [6.45, 7) is 0.715. The number of hydrogen-bond acceptors (Lipinski definition) is 3. The Kier molecular flexibility index (Phi) is 8.15. The minimum absolute atomic E-state index is 0. The molecule has 152 valence electrons. The van der Waals surface area contributed by atoms with E-state index in [1.807, 2.05) is 30.3 Å². The van der Waals surface area contributed by atoms with Crippen LogP contribution < -0.4 is 10.6 Å². The molecule has 0 saturated heterocycles. The number of rotatable bonds is 6. The van der Waals surface area contributed by atoms with Gasteiger partial charge < -0.3 is 10.6 Å². The highest BCUT2D eigenvalue weighted by Crippen LogP contribution is 2.41. The molecule has 0 bridgehead atoms. The lowest BCUT2D eigenvalue weighted by molar-refractivity contribution is 0.602. The predicted molar refractivity (Wildman–Crippen MR) is 126 cm³/mol. The van der Waals surface area contributed by atoms with E-state index in [0.29, 0.717) is 23.4 Å². The summed E-state index contributed by atoms with van der Waals surface area (Å²) in [5.74, 6) is 1.24. The standard InChI is InChI=1S/C20H24ClN3O2S.HI/c1-22-20(24-19-13-18(19)15-4-3-5-16(21)12-15)23-11-10-14-6-8-17(9-7-14)27(2,25)26;/h3-9,12,18-19H,10-11,13H2,1-2H3,(H2,22,23,24);1H. The monoisotopic (exact) mass is 533 g/mol. The van der Waals surface area contributed by atoms with Crippen LogP contribution in [0.1, 0.15) is 23.5 Å². The summed E-state index contributed by atoms with van der Waals surface area (Å²) in [6.07, 6.45) is 3.06. The van der Waals surface area contributed by atoms with Crippen LogP contribution in [-0.2, 0) is 16.3 Å². The van der Waals surface area contributed by atoms with Crippen molar-refractivity contribution in [3.63, 3.8) is 0 Å². The van der Waals surface area contributed by atoms with Crippen molar-refractivity contribution in [2.24, 2.45) is 4.99 Å². The van der Waals surface area contributed by atoms with Gasteiger partial charge in [0.15, 0.2) is 15.8 Å². The van der Waals surface area contributed by atoms with Gasteiger partial charge in [0.2, 0.25) is 0 Å². The normalized spacial score (nSPS) is 18.9. The second kappa shape index (κ2) is 9.93.